The average Bonchev–Trinajstić information content (AvgIpc) is 2.73. The zero-order valence-corrected chi connectivity index (χ0v) is 15.6. The van der Waals surface area contributed by atoms with Crippen LogP contribution in [0.15, 0.2) is 83.9 Å². The van der Waals surface area contributed by atoms with Gasteiger partial charge in [0.2, 0.25) is 10.0 Å². The smallest absolute Gasteiger partial charge is 0.258 e. The molecule has 0 saturated carbocycles. The fourth-order valence-corrected chi connectivity index (χ4v) is 3.56. The Kier molecular flexibility index (Phi) is 5.63. The molecule has 3 rings (SSSR count). The summed E-state index contributed by atoms with van der Waals surface area (Å²) >= 11 is 0. The van der Waals surface area contributed by atoms with Crippen molar-refractivity contribution in [2.45, 2.75) is 11.4 Å². The summed E-state index contributed by atoms with van der Waals surface area (Å²) in [5.41, 5.74) is 1.63. The number of carbonyl (C=O) groups is 1. The number of rotatable bonds is 6. The van der Waals surface area contributed by atoms with Crippen molar-refractivity contribution in [1.82, 2.24) is 9.71 Å². The predicted molar refractivity (Wildman–Crippen MR) is 104 cm³/mol. The summed E-state index contributed by atoms with van der Waals surface area (Å²) in [4.78, 5) is 18.3. The second-order valence-electron chi connectivity index (χ2n) is 5.87. The van der Waals surface area contributed by atoms with Gasteiger partial charge in [0, 0.05) is 24.5 Å². The SMILES string of the molecule is CN(C(=O)c1cccc(S(=O)(=O)NCc2ccccn2)c1)c1ccccc1. The minimum Gasteiger partial charge on any atom is -0.311 e. The maximum absolute atomic E-state index is 12.7. The Labute approximate surface area is 158 Å². The third kappa shape index (κ3) is 4.58. The van der Waals surface area contributed by atoms with Crippen molar-refractivity contribution < 1.29 is 13.2 Å². The van der Waals surface area contributed by atoms with Crippen molar-refractivity contribution in [1.29, 1.82) is 0 Å². The topological polar surface area (TPSA) is 79.4 Å². The Morgan fingerprint density at radius 2 is 1.74 bits per heavy atom. The molecule has 0 bridgehead atoms. The molecule has 2 aromatic carbocycles. The Bertz CT molecular complexity index is 1020. The van der Waals surface area contributed by atoms with E-state index in [4.69, 9.17) is 0 Å². The average molecular weight is 381 g/mol. The van der Waals surface area contributed by atoms with E-state index in [9.17, 15) is 13.2 Å². The van der Waals surface area contributed by atoms with Crippen LogP contribution >= 0.6 is 0 Å². The van der Waals surface area contributed by atoms with Gasteiger partial charge in [-0.3, -0.25) is 9.78 Å². The summed E-state index contributed by atoms with van der Waals surface area (Å²) in [6.07, 6.45) is 1.60. The number of carbonyl (C=O) groups excluding carboxylic acids is 1. The summed E-state index contributed by atoms with van der Waals surface area (Å²) in [5, 5.41) is 0. The molecule has 1 heterocycles. The number of pyridine rings is 1. The summed E-state index contributed by atoms with van der Waals surface area (Å²) in [7, 11) is -2.11. The lowest BCUT2D eigenvalue weighted by Crippen LogP contribution is -2.27. The molecule has 1 aromatic heterocycles. The van der Waals surface area contributed by atoms with Gasteiger partial charge in [-0.05, 0) is 42.5 Å². The first-order chi connectivity index (χ1) is 13.0. The molecule has 0 radical (unpaired) electrons. The van der Waals surface area contributed by atoms with Gasteiger partial charge in [-0.25, -0.2) is 13.1 Å². The van der Waals surface area contributed by atoms with E-state index in [-0.39, 0.29) is 17.3 Å². The number of anilines is 1. The Morgan fingerprint density at radius 1 is 1.00 bits per heavy atom. The maximum Gasteiger partial charge on any atom is 0.258 e. The van der Waals surface area contributed by atoms with Crippen molar-refractivity contribution in [3.8, 4) is 0 Å². The van der Waals surface area contributed by atoms with Crippen LogP contribution in [0, 0.1) is 0 Å². The molecule has 0 saturated heterocycles. The van der Waals surface area contributed by atoms with E-state index >= 15 is 0 Å². The van der Waals surface area contributed by atoms with Crippen molar-refractivity contribution in [2.75, 3.05) is 11.9 Å². The Morgan fingerprint density at radius 3 is 2.44 bits per heavy atom. The van der Waals surface area contributed by atoms with Gasteiger partial charge in [0.15, 0.2) is 0 Å². The molecule has 7 heteroatoms. The fourth-order valence-electron chi connectivity index (χ4n) is 2.51. The van der Waals surface area contributed by atoms with Crippen LogP contribution in [0.3, 0.4) is 0 Å². The zero-order chi connectivity index (χ0) is 19.3. The van der Waals surface area contributed by atoms with Crippen molar-refractivity contribution >= 4 is 21.6 Å². The summed E-state index contributed by atoms with van der Waals surface area (Å²) in [5.74, 6) is -0.289. The standard InChI is InChI=1S/C20H19N3O3S/c1-23(18-10-3-2-4-11-18)20(24)16-8-7-12-19(14-16)27(25,26)22-15-17-9-5-6-13-21-17/h2-14,22H,15H2,1H3. The first-order valence-electron chi connectivity index (χ1n) is 8.30. The predicted octanol–water partition coefficient (Wildman–Crippen LogP) is 2.84. The van der Waals surface area contributed by atoms with Gasteiger partial charge in [-0.15, -0.1) is 0 Å². The van der Waals surface area contributed by atoms with E-state index in [2.05, 4.69) is 9.71 Å². The summed E-state index contributed by atoms with van der Waals surface area (Å²) < 4.78 is 27.6. The number of benzene rings is 2. The fraction of sp³-hybridized carbons (Fsp3) is 0.100. The second kappa shape index (κ2) is 8.11. The quantitative estimate of drug-likeness (QED) is 0.712. The van der Waals surface area contributed by atoms with Crippen LogP contribution < -0.4 is 9.62 Å². The van der Waals surface area contributed by atoms with Gasteiger partial charge in [-0.2, -0.15) is 0 Å². The molecule has 0 fully saturated rings. The molecular weight excluding hydrogens is 362 g/mol. The zero-order valence-electron chi connectivity index (χ0n) is 14.7. The highest BCUT2D eigenvalue weighted by Crippen LogP contribution is 2.17. The van der Waals surface area contributed by atoms with Gasteiger partial charge < -0.3 is 4.90 Å². The molecule has 0 aliphatic rings. The molecule has 0 atom stereocenters. The Balaban J connectivity index is 1.79. The van der Waals surface area contributed by atoms with E-state index in [0.717, 1.165) is 5.69 Å². The lowest BCUT2D eigenvalue weighted by molar-refractivity contribution is 0.0993. The van der Waals surface area contributed by atoms with E-state index in [1.807, 2.05) is 30.3 Å². The van der Waals surface area contributed by atoms with Gasteiger partial charge in [-0.1, -0.05) is 30.3 Å². The minimum atomic E-state index is -3.77. The molecule has 0 unspecified atom stereocenters. The molecule has 138 valence electrons. The van der Waals surface area contributed by atoms with Crippen LogP contribution in [0.2, 0.25) is 0 Å². The number of amides is 1. The van der Waals surface area contributed by atoms with Gasteiger partial charge in [0.1, 0.15) is 0 Å². The van der Waals surface area contributed by atoms with E-state index < -0.39 is 10.0 Å². The summed E-state index contributed by atoms with van der Waals surface area (Å²) in [6.45, 7) is 0.0747. The third-order valence-corrected chi connectivity index (χ3v) is 5.41. The number of nitrogens with one attached hydrogen (secondary N) is 1. The van der Waals surface area contributed by atoms with E-state index in [0.29, 0.717) is 11.3 Å². The molecule has 1 N–H and O–H groups in total. The van der Waals surface area contributed by atoms with Crippen LogP contribution in [0.5, 0.6) is 0 Å². The highest BCUT2D eigenvalue weighted by atomic mass is 32.2. The highest BCUT2D eigenvalue weighted by molar-refractivity contribution is 7.89. The molecule has 6 nitrogen and oxygen atoms in total. The number of hydrogen-bond donors (Lipinski definition) is 1. The van der Waals surface area contributed by atoms with Gasteiger partial charge in [0.25, 0.3) is 5.91 Å². The second-order valence-corrected chi connectivity index (χ2v) is 7.64. The van der Waals surface area contributed by atoms with Crippen LogP contribution in [0.25, 0.3) is 0 Å². The third-order valence-electron chi connectivity index (χ3n) is 4.01. The minimum absolute atomic E-state index is 0.0331. The van der Waals surface area contributed by atoms with Crippen LogP contribution in [0.4, 0.5) is 5.69 Å². The summed E-state index contributed by atoms with van der Waals surface area (Å²) in [6, 6.07) is 20.4. The molecule has 0 spiro atoms. The van der Waals surface area contributed by atoms with Crippen molar-refractivity contribution in [3.05, 3.63) is 90.3 Å². The highest BCUT2D eigenvalue weighted by Gasteiger charge is 2.18. The molecule has 3 aromatic rings. The molecule has 0 aliphatic heterocycles. The van der Waals surface area contributed by atoms with Crippen molar-refractivity contribution in [3.63, 3.8) is 0 Å². The van der Waals surface area contributed by atoms with Gasteiger partial charge >= 0.3 is 0 Å². The first kappa shape index (κ1) is 18.8. The lowest BCUT2D eigenvalue weighted by atomic mass is 10.2. The number of sulfonamides is 1. The number of hydrogen-bond acceptors (Lipinski definition) is 4. The lowest BCUT2D eigenvalue weighted by Gasteiger charge is -2.17. The number of para-hydroxylation sites is 1. The molecular formula is C20H19N3O3S. The maximum atomic E-state index is 12.7. The first-order valence-corrected chi connectivity index (χ1v) is 9.78. The molecule has 27 heavy (non-hydrogen) atoms. The normalized spacial score (nSPS) is 11.1. The van der Waals surface area contributed by atoms with Crippen molar-refractivity contribution in [2.24, 2.45) is 0 Å². The Hall–Kier alpha value is -3.03. The number of nitrogens with zero attached hydrogens (tertiary/aromatic N) is 2. The van der Waals surface area contributed by atoms with Gasteiger partial charge in [0.05, 0.1) is 17.1 Å². The number of aromatic nitrogens is 1. The van der Waals surface area contributed by atoms with Crippen LogP contribution in [-0.4, -0.2) is 26.4 Å². The van der Waals surface area contributed by atoms with Crippen LogP contribution in [-0.2, 0) is 16.6 Å². The molecule has 1 amide bonds. The molecule has 0 aliphatic carbocycles. The monoisotopic (exact) mass is 381 g/mol. The largest absolute Gasteiger partial charge is 0.311 e. The van der Waals surface area contributed by atoms with E-state index in [1.165, 1.54) is 17.0 Å². The van der Waals surface area contributed by atoms with E-state index in [1.54, 1.807) is 43.6 Å². The van der Waals surface area contributed by atoms with Crippen LogP contribution in [0.1, 0.15) is 16.1 Å².